The van der Waals surface area contributed by atoms with Crippen LogP contribution in [0.15, 0.2) is 69.7 Å². The van der Waals surface area contributed by atoms with Crippen molar-refractivity contribution in [3.63, 3.8) is 0 Å². The van der Waals surface area contributed by atoms with Crippen molar-refractivity contribution in [2.75, 3.05) is 18.2 Å². The van der Waals surface area contributed by atoms with Gasteiger partial charge in [0.1, 0.15) is 5.76 Å². The SMILES string of the molecule is COC(=O)c1ccc(NC(=O)CSc2nnc(-c3cccs3)n2Cc2ccco2)cc1. The molecule has 3 aromatic heterocycles. The molecule has 0 saturated heterocycles. The Bertz CT molecular complexity index is 1150. The van der Waals surface area contributed by atoms with Crippen molar-refractivity contribution >= 4 is 40.7 Å². The molecule has 8 nitrogen and oxygen atoms in total. The molecule has 0 unspecified atom stereocenters. The molecule has 0 fully saturated rings. The Balaban J connectivity index is 1.44. The number of ether oxygens (including phenoxy) is 1. The molecular formula is C21H18N4O4S2. The van der Waals surface area contributed by atoms with Crippen LogP contribution in [0.2, 0.25) is 0 Å². The first-order valence-electron chi connectivity index (χ1n) is 9.24. The van der Waals surface area contributed by atoms with Crippen molar-refractivity contribution in [1.82, 2.24) is 14.8 Å². The van der Waals surface area contributed by atoms with Crippen LogP contribution in [-0.4, -0.2) is 39.5 Å². The summed E-state index contributed by atoms with van der Waals surface area (Å²) in [6.07, 6.45) is 1.62. The second-order valence-electron chi connectivity index (χ2n) is 6.35. The summed E-state index contributed by atoms with van der Waals surface area (Å²) < 4.78 is 12.1. The fraction of sp³-hybridized carbons (Fsp3) is 0.143. The summed E-state index contributed by atoms with van der Waals surface area (Å²) in [5, 5.41) is 14.0. The van der Waals surface area contributed by atoms with Gasteiger partial charge >= 0.3 is 5.97 Å². The molecule has 0 atom stereocenters. The third-order valence-corrected chi connectivity index (χ3v) is 6.11. The van der Waals surface area contributed by atoms with Gasteiger partial charge in [0.05, 0.1) is 36.1 Å². The number of hydrogen-bond donors (Lipinski definition) is 1. The van der Waals surface area contributed by atoms with E-state index < -0.39 is 5.97 Å². The third kappa shape index (κ3) is 5.04. The first-order valence-corrected chi connectivity index (χ1v) is 11.1. The predicted molar refractivity (Wildman–Crippen MR) is 118 cm³/mol. The fourth-order valence-corrected chi connectivity index (χ4v) is 4.27. The second-order valence-corrected chi connectivity index (χ2v) is 8.24. The Morgan fingerprint density at radius 1 is 1.16 bits per heavy atom. The van der Waals surface area contributed by atoms with Crippen LogP contribution < -0.4 is 5.32 Å². The number of nitrogens with one attached hydrogen (secondary N) is 1. The summed E-state index contributed by atoms with van der Waals surface area (Å²) in [6, 6.07) is 14.2. The van der Waals surface area contributed by atoms with E-state index in [4.69, 9.17) is 4.42 Å². The van der Waals surface area contributed by atoms with Gasteiger partial charge in [-0.15, -0.1) is 21.5 Å². The van der Waals surface area contributed by atoms with Crippen LogP contribution in [0, 0.1) is 0 Å². The van der Waals surface area contributed by atoms with Gasteiger partial charge in [0.15, 0.2) is 11.0 Å². The van der Waals surface area contributed by atoms with Crippen molar-refractivity contribution in [3.8, 4) is 10.7 Å². The molecule has 1 aromatic carbocycles. The topological polar surface area (TPSA) is 99.2 Å². The number of anilines is 1. The maximum Gasteiger partial charge on any atom is 0.337 e. The molecule has 0 spiro atoms. The molecule has 1 N–H and O–H groups in total. The van der Waals surface area contributed by atoms with Crippen LogP contribution in [0.1, 0.15) is 16.1 Å². The Morgan fingerprint density at radius 2 is 2.00 bits per heavy atom. The first-order chi connectivity index (χ1) is 15.1. The highest BCUT2D eigenvalue weighted by Gasteiger charge is 2.17. The molecule has 0 saturated carbocycles. The van der Waals surface area contributed by atoms with Crippen LogP contribution in [0.4, 0.5) is 5.69 Å². The molecule has 158 valence electrons. The van der Waals surface area contributed by atoms with E-state index >= 15 is 0 Å². The van der Waals surface area contributed by atoms with Crippen LogP contribution in [0.3, 0.4) is 0 Å². The highest BCUT2D eigenvalue weighted by atomic mass is 32.2. The zero-order valence-corrected chi connectivity index (χ0v) is 18.1. The summed E-state index contributed by atoms with van der Waals surface area (Å²) in [4.78, 5) is 24.9. The van der Waals surface area contributed by atoms with E-state index in [0.29, 0.717) is 23.0 Å². The monoisotopic (exact) mass is 454 g/mol. The number of benzene rings is 1. The minimum absolute atomic E-state index is 0.152. The van der Waals surface area contributed by atoms with E-state index in [-0.39, 0.29) is 11.7 Å². The molecule has 1 amide bonds. The van der Waals surface area contributed by atoms with Crippen LogP contribution >= 0.6 is 23.1 Å². The molecule has 0 radical (unpaired) electrons. The average molecular weight is 455 g/mol. The molecule has 0 bridgehead atoms. The number of esters is 1. The average Bonchev–Trinajstić information content (AvgIpc) is 3.55. The lowest BCUT2D eigenvalue weighted by Crippen LogP contribution is -2.15. The lowest BCUT2D eigenvalue weighted by molar-refractivity contribution is -0.113. The molecule has 0 aliphatic heterocycles. The van der Waals surface area contributed by atoms with Gasteiger partial charge in [-0.05, 0) is 47.8 Å². The van der Waals surface area contributed by atoms with Gasteiger partial charge < -0.3 is 14.5 Å². The van der Waals surface area contributed by atoms with Crippen molar-refractivity contribution in [3.05, 3.63) is 71.5 Å². The summed E-state index contributed by atoms with van der Waals surface area (Å²) in [6.45, 7) is 0.464. The van der Waals surface area contributed by atoms with E-state index in [1.165, 1.54) is 18.9 Å². The minimum atomic E-state index is -0.425. The molecule has 4 rings (SSSR count). The lowest BCUT2D eigenvalue weighted by Gasteiger charge is -2.08. The fourth-order valence-electron chi connectivity index (χ4n) is 2.82. The predicted octanol–water partition coefficient (Wildman–Crippen LogP) is 4.17. The summed E-state index contributed by atoms with van der Waals surface area (Å²) in [7, 11) is 1.32. The van der Waals surface area contributed by atoms with E-state index in [9.17, 15) is 9.59 Å². The largest absolute Gasteiger partial charge is 0.467 e. The van der Waals surface area contributed by atoms with Crippen molar-refractivity contribution in [1.29, 1.82) is 0 Å². The third-order valence-electron chi connectivity index (χ3n) is 4.27. The maximum absolute atomic E-state index is 12.4. The minimum Gasteiger partial charge on any atom is -0.467 e. The molecule has 4 aromatic rings. The van der Waals surface area contributed by atoms with E-state index in [2.05, 4.69) is 20.3 Å². The number of rotatable bonds is 8. The maximum atomic E-state index is 12.4. The number of thiophene rings is 1. The second kappa shape index (κ2) is 9.63. The van der Waals surface area contributed by atoms with Gasteiger partial charge in [-0.2, -0.15) is 0 Å². The molecule has 0 aliphatic carbocycles. The number of furan rings is 1. The summed E-state index contributed by atoms with van der Waals surface area (Å²) in [5.74, 6) is 1.04. The number of amides is 1. The zero-order chi connectivity index (χ0) is 21.6. The number of aromatic nitrogens is 3. The van der Waals surface area contributed by atoms with Crippen LogP contribution in [-0.2, 0) is 16.1 Å². The van der Waals surface area contributed by atoms with Gasteiger partial charge in [0.2, 0.25) is 5.91 Å². The summed E-state index contributed by atoms with van der Waals surface area (Å²) >= 11 is 2.86. The highest BCUT2D eigenvalue weighted by Crippen LogP contribution is 2.28. The van der Waals surface area contributed by atoms with Gasteiger partial charge in [-0.3, -0.25) is 9.36 Å². The number of hydrogen-bond acceptors (Lipinski definition) is 8. The van der Waals surface area contributed by atoms with Gasteiger partial charge in [-0.1, -0.05) is 17.8 Å². The van der Waals surface area contributed by atoms with E-state index in [1.54, 1.807) is 41.9 Å². The first kappa shape index (κ1) is 20.9. The number of thioether (sulfide) groups is 1. The molecule has 31 heavy (non-hydrogen) atoms. The number of nitrogens with zero attached hydrogens (tertiary/aromatic N) is 3. The normalized spacial score (nSPS) is 10.7. The van der Waals surface area contributed by atoms with E-state index in [0.717, 1.165) is 16.5 Å². The van der Waals surface area contributed by atoms with Crippen LogP contribution in [0.25, 0.3) is 10.7 Å². The van der Waals surface area contributed by atoms with Crippen molar-refractivity contribution < 1.29 is 18.7 Å². The molecule has 0 aliphatic rings. The standard InChI is InChI=1S/C21H18N4O4S2/c1-28-20(27)14-6-8-15(9-7-14)22-18(26)13-31-21-24-23-19(17-5-3-11-30-17)25(21)12-16-4-2-10-29-16/h2-11H,12-13H2,1H3,(H,22,26). The van der Waals surface area contributed by atoms with Crippen molar-refractivity contribution in [2.45, 2.75) is 11.7 Å². The lowest BCUT2D eigenvalue weighted by atomic mass is 10.2. The quantitative estimate of drug-likeness (QED) is 0.315. The van der Waals surface area contributed by atoms with Gasteiger partial charge in [0, 0.05) is 5.69 Å². The Hall–Kier alpha value is -3.37. The Morgan fingerprint density at radius 3 is 2.68 bits per heavy atom. The number of carbonyl (C=O) groups excluding carboxylic acids is 2. The van der Waals surface area contributed by atoms with Gasteiger partial charge in [-0.25, -0.2) is 4.79 Å². The van der Waals surface area contributed by atoms with E-state index in [1.807, 2.05) is 34.2 Å². The number of carbonyl (C=O) groups is 2. The molecule has 3 heterocycles. The Kier molecular flexibility index (Phi) is 6.48. The molecular weight excluding hydrogens is 436 g/mol. The van der Waals surface area contributed by atoms with Crippen LogP contribution in [0.5, 0.6) is 0 Å². The van der Waals surface area contributed by atoms with Gasteiger partial charge in [0.25, 0.3) is 0 Å². The zero-order valence-electron chi connectivity index (χ0n) is 16.5. The Labute approximate surface area is 186 Å². The number of methoxy groups -OCH3 is 1. The summed E-state index contributed by atoms with van der Waals surface area (Å²) in [5.41, 5.74) is 1.01. The highest BCUT2D eigenvalue weighted by molar-refractivity contribution is 7.99. The molecule has 10 heteroatoms. The van der Waals surface area contributed by atoms with Crippen molar-refractivity contribution in [2.24, 2.45) is 0 Å². The smallest absolute Gasteiger partial charge is 0.337 e.